The highest BCUT2D eigenvalue weighted by molar-refractivity contribution is 9.10. The van der Waals surface area contributed by atoms with E-state index >= 15 is 0 Å². The Labute approximate surface area is 136 Å². The van der Waals surface area contributed by atoms with Crippen molar-refractivity contribution in [2.24, 2.45) is 0 Å². The smallest absolute Gasteiger partial charge is 0.170 e. The zero-order valence-corrected chi connectivity index (χ0v) is 13.4. The Kier molecular flexibility index (Phi) is 5.02. The van der Waals surface area contributed by atoms with E-state index in [4.69, 9.17) is 9.47 Å². The molecular weight excluding hydrogens is 351 g/mol. The van der Waals surface area contributed by atoms with Crippen LogP contribution in [-0.4, -0.2) is 30.8 Å². The number of morpholine rings is 1. The molecule has 0 saturated carbocycles. The summed E-state index contributed by atoms with van der Waals surface area (Å²) in [6.07, 6.45) is 0.982. The number of aromatic nitrogens is 1. The predicted octanol–water partition coefficient (Wildman–Crippen LogP) is 3.09. The van der Waals surface area contributed by atoms with Gasteiger partial charge in [-0.1, -0.05) is 12.1 Å². The molecule has 1 aliphatic heterocycles. The van der Waals surface area contributed by atoms with Gasteiger partial charge in [-0.05, 0) is 40.2 Å². The van der Waals surface area contributed by atoms with Crippen LogP contribution in [0.25, 0.3) is 0 Å². The third-order valence-corrected chi connectivity index (χ3v) is 4.06. The predicted molar refractivity (Wildman–Crippen MR) is 84.3 cm³/mol. The number of para-hydroxylation sites is 1. The minimum absolute atomic E-state index is 0.173. The lowest BCUT2D eigenvalue weighted by molar-refractivity contribution is -0.0459. The molecule has 2 heterocycles. The van der Waals surface area contributed by atoms with Crippen molar-refractivity contribution in [2.45, 2.75) is 12.2 Å². The first kappa shape index (κ1) is 15.4. The topological polar surface area (TPSA) is 43.4 Å². The van der Waals surface area contributed by atoms with Crippen LogP contribution in [0.3, 0.4) is 0 Å². The summed E-state index contributed by atoms with van der Waals surface area (Å²) in [5, 5.41) is 3.26. The molecule has 0 unspecified atom stereocenters. The van der Waals surface area contributed by atoms with E-state index < -0.39 is 11.9 Å². The van der Waals surface area contributed by atoms with Crippen molar-refractivity contribution >= 4 is 15.9 Å². The van der Waals surface area contributed by atoms with Crippen LogP contribution in [0.1, 0.15) is 11.8 Å². The first-order valence-electron chi connectivity index (χ1n) is 7.09. The Morgan fingerprint density at radius 2 is 2.23 bits per heavy atom. The van der Waals surface area contributed by atoms with Gasteiger partial charge in [0.1, 0.15) is 6.10 Å². The van der Waals surface area contributed by atoms with Crippen molar-refractivity contribution < 1.29 is 13.9 Å². The van der Waals surface area contributed by atoms with E-state index in [1.54, 1.807) is 18.3 Å². The van der Waals surface area contributed by atoms with E-state index in [2.05, 4.69) is 26.2 Å². The molecular formula is C16H16BrFN2O2. The highest BCUT2D eigenvalue weighted by atomic mass is 79.9. The minimum atomic E-state index is -0.484. The maximum absolute atomic E-state index is 14.1. The van der Waals surface area contributed by atoms with Crippen molar-refractivity contribution in [1.29, 1.82) is 0 Å². The maximum atomic E-state index is 14.1. The lowest BCUT2D eigenvalue weighted by Gasteiger charge is -2.31. The maximum Gasteiger partial charge on any atom is 0.170 e. The molecule has 0 spiro atoms. The molecule has 1 saturated heterocycles. The van der Waals surface area contributed by atoms with Gasteiger partial charge in [-0.2, -0.15) is 0 Å². The molecule has 22 heavy (non-hydrogen) atoms. The molecule has 2 atom stereocenters. The molecule has 1 aliphatic rings. The zero-order chi connectivity index (χ0) is 15.4. The van der Waals surface area contributed by atoms with Gasteiger partial charge >= 0.3 is 0 Å². The van der Waals surface area contributed by atoms with Crippen molar-refractivity contribution in [3.05, 3.63) is 58.6 Å². The van der Waals surface area contributed by atoms with Crippen LogP contribution in [0.15, 0.2) is 47.1 Å². The van der Waals surface area contributed by atoms with Gasteiger partial charge in [0, 0.05) is 19.3 Å². The Morgan fingerprint density at radius 1 is 1.32 bits per heavy atom. The molecule has 0 aliphatic carbocycles. The van der Waals surface area contributed by atoms with Gasteiger partial charge in [0.2, 0.25) is 0 Å². The average Bonchev–Trinajstić information content (AvgIpc) is 2.56. The summed E-state index contributed by atoms with van der Waals surface area (Å²) in [6.45, 7) is 2.03. The van der Waals surface area contributed by atoms with Crippen LogP contribution in [0, 0.1) is 5.82 Å². The fourth-order valence-corrected chi connectivity index (χ4v) is 2.81. The van der Waals surface area contributed by atoms with Gasteiger partial charge in [-0.15, -0.1) is 0 Å². The molecule has 0 bridgehead atoms. The molecule has 1 aromatic heterocycles. The molecule has 2 aromatic rings. The number of ether oxygens (including phenoxy) is 2. The second-order valence-electron chi connectivity index (χ2n) is 4.96. The van der Waals surface area contributed by atoms with E-state index in [-0.39, 0.29) is 11.9 Å². The summed E-state index contributed by atoms with van der Waals surface area (Å²) in [4.78, 5) is 4.34. The number of nitrogens with one attached hydrogen (secondary N) is 1. The van der Waals surface area contributed by atoms with Gasteiger partial charge < -0.3 is 14.8 Å². The van der Waals surface area contributed by atoms with Gasteiger partial charge in [0.15, 0.2) is 17.7 Å². The van der Waals surface area contributed by atoms with E-state index in [9.17, 15) is 4.39 Å². The Balaban J connectivity index is 1.91. The first-order valence-corrected chi connectivity index (χ1v) is 7.89. The van der Waals surface area contributed by atoms with Crippen molar-refractivity contribution in [2.75, 3.05) is 19.7 Å². The van der Waals surface area contributed by atoms with E-state index in [0.29, 0.717) is 23.3 Å². The fourth-order valence-electron chi connectivity index (χ4n) is 2.37. The van der Waals surface area contributed by atoms with Crippen LogP contribution in [0.5, 0.6) is 5.75 Å². The highest BCUT2D eigenvalue weighted by Crippen LogP contribution is 2.33. The Bertz CT molecular complexity index is 601. The molecule has 4 nitrogen and oxygen atoms in total. The van der Waals surface area contributed by atoms with Gasteiger partial charge in [-0.25, -0.2) is 4.39 Å². The third kappa shape index (κ3) is 3.45. The minimum Gasteiger partial charge on any atom is -0.477 e. The fraction of sp³-hybridized carbons (Fsp3) is 0.312. The Morgan fingerprint density at radius 3 is 2.91 bits per heavy atom. The highest BCUT2D eigenvalue weighted by Gasteiger charge is 2.30. The quantitative estimate of drug-likeness (QED) is 0.902. The summed E-state index contributed by atoms with van der Waals surface area (Å²) >= 11 is 3.33. The second kappa shape index (κ2) is 7.17. The molecule has 1 aromatic carbocycles. The van der Waals surface area contributed by atoms with Crippen LogP contribution in [-0.2, 0) is 4.74 Å². The summed E-state index contributed by atoms with van der Waals surface area (Å²) in [5.74, 6) is -0.244. The number of hydrogen-bond donors (Lipinski definition) is 1. The summed E-state index contributed by atoms with van der Waals surface area (Å²) in [6, 6.07) is 10.3. The summed E-state index contributed by atoms with van der Waals surface area (Å²) < 4.78 is 26.4. The number of halogens is 2. The molecule has 6 heteroatoms. The van der Waals surface area contributed by atoms with Crippen molar-refractivity contribution in [3.63, 3.8) is 0 Å². The standard InChI is InChI=1S/C16H16BrFN2O2/c17-11-4-3-5-12(18)15(11)22-16(13-6-1-2-7-20-13)14-10-19-8-9-21-14/h1-7,14,16,19H,8-10H2/t14-,16-/m0/s1. The van der Waals surface area contributed by atoms with Crippen LogP contribution >= 0.6 is 15.9 Å². The lowest BCUT2D eigenvalue weighted by Crippen LogP contribution is -2.43. The SMILES string of the molecule is Fc1cccc(Br)c1O[C@@H](c1ccccn1)[C@@H]1CNCCO1. The van der Waals surface area contributed by atoms with E-state index in [1.165, 1.54) is 6.07 Å². The largest absolute Gasteiger partial charge is 0.477 e. The van der Waals surface area contributed by atoms with Crippen LogP contribution in [0.2, 0.25) is 0 Å². The monoisotopic (exact) mass is 366 g/mol. The lowest BCUT2D eigenvalue weighted by atomic mass is 10.1. The number of hydrogen-bond acceptors (Lipinski definition) is 4. The molecule has 0 amide bonds. The van der Waals surface area contributed by atoms with E-state index in [1.807, 2.05) is 18.2 Å². The molecule has 1 N–H and O–H groups in total. The summed E-state index contributed by atoms with van der Waals surface area (Å²) in [5.41, 5.74) is 0.714. The van der Waals surface area contributed by atoms with Gasteiger partial charge in [-0.3, -0.25) is 4.98 Å². The molecule has 3 rings (SSSR count). The first-order chi connectivity index (χ1) is 10.8. The van der Waals surface area contributed by atoms with Crippen LogP contribution < -0.4 is 10.1 Å². The second-order valence-corrected chi connectivity index (χ2v) is 5.81. The third-order valence-electron chi connectivity index (χ3n) is 3.44. The Hall–Kier alpha value is -1.50. The number of nitrogens with zero attached hydrogens (tertiary/aromatic N) is 1. The molecule has 116 valence electrons. The molecule has 1 fully saturated rings. The number of rotatable bonds is 4. The zero-order valence-electron chi connectivity index (χ0n) is 11.8. The van der Waals surface area contributed by atoms with Crippen molar-refractivity contribution in [1.82, 2.24) is 10.3 Å². The normalized spacial score (nSPS) is 19.6. The van der Waals surface area contributed by atoms with Gasteiger partial charge in [0.05, 0.1) is 16.8 Å². The number of benzene rings is 1. The van der Waals surface area contributed by atoms with E-state index in [0.717, 1.165) is 6.54 Å². The van der Waals surface area contributed by atoms with Crippen molar-refractivity contribution in [3.8, 4) is 5.75 Å². The molecule has 0 radical (unpaired) electrons. The van der Waals surface area contributed by atoms with Gasteiger partial charge in [0.25, 0.3) is 0 Å². The number of pyridine rings is 1. The average molecular weight is 367 g/mol. The summed E-state index contributed by atoms with van der Waals surface area (Å²) in [7, 11) is 0. The van der Waals surface area contributed by atoms with Crippen LogP contribution in [0.4, 0.5) is 4.39 Å².